The van der Waals surface area contributed by atoms with Crippen molar-refractivity contribution in [3.8, 4) is 0 Å². The lowest BCUT2D eigenvalue weighted by Gasteiger charge is -1.93. The summed E-state index contributed by atoms with van der Waals surface area (Å²) < 4.78 is 0. The van der Waals surface area contributed by atoms with Gasteiger partial charge in [0.05, 0.1) is 0 Å². The SMILES string of the molecule is Cc1cc(Cl)nc(N)n1.[B]. The molecule has 0 spiro atoms. The molecule has 0 saturated heterocycles. The van der Waals surface area contributed by atoms with Crippen LogP contribution in [-0.4, -0.2) is 18.4 Å². The largest absolute Gasteiger partial charge is 0.368 e. The number of halogens is 1. The molecule has 0 unspecified atom stereocenters. The van der Waals surface area contributed by atoms with E-state index in [0.29, 0.717) is 5.15 Å². The van der Waals surface area contributed by atoms with Crippen molar-refractivity contribution in [3.05, 3.63) is 16.9 Å². The van der Waals surface area contributed by atoms with Gasteiger partial charge in [-0.15, -0.1) is 0 Å². The molecule has 0 atom stereocenters. The van der Waals surface area contributed by atoms with E-state index in [9.17, 15) is 0 Å². The third-order valence-corrected chi connectivity index (χ3v) is 1.03. The molecule has 1 aromatic heterocycles. The fourth-order valence-corrected chi connectivity index (χ4v) is 0.797. The molecule has 3 nitrogen and oxygen atoms in total. The summed E-state index contributed by atoms with van der Waals surface area (Å²) in [6.45, 7) is 1.81. The van der Waals surface area contributed by atoms with Crippen molar-refractivity contribution in [2.45, 2.75) is 6.92 Å². The van der Waals surface area contributed by atoms with Crippen LogP contribution in [0, 0.1) is 6.92 Å². The van der Waals surface area contributed by atoms with E-state index in [4.69, 9.17) is 17.3 Å². The molecule has 51 valence electrons. The van der Waals surface area contributed by atoms with Crippen molar-refractivity contribution in [2.24, 2.45) is 0 Å². The maximum atomic E-state index is 5.52. The minimum absolute atomic E-state index is 0. The maximum absolute atomic E-state index is 5.52. The molecule has 5 heteroatoms. The molecule has 0 aliphatic rings. The third kappa shape index (κ3) is 2.23. The fraction of sp³-hybridized carbons (Fsp3) is 0.200. The summed E-state index contributed by atoms with van der Waals surface area (Å²) in [5.41, 5.74) is 6.04. The van der Waals surface area contributed by atoms with Gasteiger partial charge in [0.15, 0.2) is 0 Å². The summed E-state index contributed by atoms with van der Waals surface area (Å²) in [6.07, 6.45) is 0. The van der Waals surface area contributed by atoms with E-state index >= 15 is 0 Å². The number of anilines is 1. The molecule has 0 aromatic carbocycles. The number of aromatic nitrogens is 2. The average molecular weight is 154 g/mol. The first-order valence-corrected chi connectivity index (χ1v) is 2.83. The van der Waals surface area contributed by atoms with Gasteiger partial charge >= 0.3 is 0 Å². The van der Waals surface area contributed by atoms with E-state index in [1.54, 1.807) is 6.07 Å². The maximum Gasteiger partial charge on any atom is 0.221 e. The van der Waals surface area contributed by atoms with Gasteiger partial charge in [0.1, 0.15) is 5.15 Å². The summed E-state index contributed by atoms with van der Waals surface area (Å²) in [7, 11) is 0. The van der Waals surface area contributed by atoms with Crippen LogP contribution in [0.4, 0.5) is 5.95 Å². The first-order chi connectivity index (χ1) is 4.18. The number of hydrogen-bond acceptors (Lipinski definition) is 3. The van der Waals surface area contributed by atoms with Gasteiger partial charge < -0.3 is 5.73 Å². The fourth-order valence-electron chi connectivity index (χ4n) is 0.552. The van der Waals surface area contributed by atoms with Crippen LogP contribution in [0.15, 0.2) is 6.07 Å². The van der Waals surface area contributed by atoms with E-state index in [-0.39, 0.29) is 14.4 Å². The van der Waals surface area contributed by atoms with E-state index in [2.05, 4.69) is 9.97 Å². The smallest absolute Gasteiger partial charge is 0.221 e. The van der Waals surface area contributed by atoms with Gasteiger partial charge in [-0.1, -0.05) is 11.6 Å². The van der Waals surface area contributed by atoms with Crippen molar-refractivity contribution in [3.63, 3.8) is 0 Å². The first-order valence-electron chi connectivity index (χ1n) is 2.45. The highest BCUT2D eigenvalue weighted by Gasteiger charge is 1.92. The molecule has 1 aromatic rings. The van der Waals surface area contributed by atoms with Gasteiger partial charge in [-0.05, 0) is 13.0 Å². The molecule has 0 aliphatic heterocycles. The van der Waals surface area contributed by atoms with Crippen molar-refractivity contribution in [1.82, 2.24) is 9.97 Å². The summed E-state index contributed by atoms with van der Waals surface area (Å²) >= 11 is 5.52. The third-order valence-electron chi connectivity index (χ3n) is 0.840. The number of aryl methyl sites for hydroxylation is 1. The Morgan fingerprint density at radius 3 is 2.50 bits per heavy atom. The second kappa shape index (κ2) is 3.41. The monoisotopic (exact) mass is 154 g/mol. The zero-order valence-electron chi connectivity index (χ0n) is 5.50. The quantitative estimate of drug-likeness (QED) is 0.441. The number of nitrogens with zero attached hydrogens (tertiary/aromatic N) is 2. The molecule has 10 heavy (non-hydrogen) atoms. The molecule has 0 amide bonds. The molecule has 3 radical (unpaired) electrons. The topological polar surface area (TPSA) is 51.8 Å². The molecule has 0 fully saturated rings. The van der Waals surface area contributed by atoms with Crippen LogP contribution < -0.4 is 5.73 Å². The molecule has 1 heterocycles. The predicted molar refractivity (Wildman–Crippen MR) is 41.9 cm³/mol. The van der Waals surface area contributed by atoms with Crippen LogP contribution >= 0.6 is 11.6 Å². The summed E-state index contributed by atoms with van der Waals surface area (Å²) in [5.74, 6) is 0.222. The van der Waals surface area contributed by atoms with Crippen LogP contribution in [0.3, 0.4) is 0 Å². The van der Waals surface area contributed by atoms with Crippen LogP contribution in [0.2, 0.25) is 5.15 Å². The Bertz CT molecular complexity index is 178. The van der Waals surface area contributed by atoms with Crippen molar-refractivity contribution < 1.29 is 0 Å². The van der Waals surface area contributed by atoms with Crippen LogP contribution in [0.5, 0.6) is 0 Å². The second-order valence-electron chi connectivity index (χ2n) is 1.69. The zero-order chi connectivity index (χ0) is 6.85. The number of nitrogen functional groups attached to an aromatic ring is 1. The van der Waals surface area contributed by atoms with Crippen LogP contribution in [-0.2, 0) is 0 Å². The molecule has 0 saturated carbocycles. The van der Waals surface area contributed by atoms with Crippen LogP contribution in [0.1, 0.15) is 5.69 Å². The first kappa shape index (κ1) is 9.23. The second-order valence-corrected chi connectivity index (χ2v) is 2.08. The lowest BCUT2D eigenvalue weighted by molar-refractivity contribution is 1.12. The minimum Gasteiger partial charge on any atom is -0.368 e. The Labute approximate surface area is 66.2 Å². The highest BCUT2D eigenvalue weighted by atomic mass is 35.5. The number of nitrogens with two attached hydrogens (primary N) is 1. The molecular weight excluding hydrogens is 148 g/mol. The Hall–Kier alpha value is -0.765. The van der Waals surface area contributed by atoms with Gasteiger partial charge in [-0.2, -0.15) is 0 Å². The molecule has 1 rings (SSSR count). The minimum atomic E-state index is 0. The normalized spacial score (nSPS) is 8.60. The Morgan fingerprint density at radius 1 is 1.50 bits per heavy atom. The molecule has 2 N–H and O–H groups in total. The van der Waals surface area contributed by atoms with Crippen molar-refractivity contribution >= 4 is 26.0 Å². The highest BCUT2D eigenvalue weighted by molar-refractivity contribution is 6.29. The van der Waals surface area contributed by atoms with Crippen molar-refractivity contribution in [1.29, 1.82) is 0 Å². The van der Waals surface area contributed by atoms with Gasteiger partial charge in [0.2, 0.25) is 5.95 Å². The van der Waals surface area contributed by atoms with Gasteiger partial charge in [-0.25, -0.2) is 9.97 Å². The molecule has 0 aliphatic carbocycles. The van der Waals surface area contributed by atoms with E-state index in [1.807, 2.05) is 6.92 Å². The number of rotatable bonds is 0. The zero-order valence-corrected chi connectivity index (χ0v) is 6.26. The Balaban J connectivity index is 0.000000810. The van der Waals surface area contributed by atoms with Gasteiger partial charge in [-0.3, -0.25) is 0 Å². The Kier molecular flexibility index (Phi) is 3.15. The Morgan fingerprint density at radius 2 is 2.10 bits per heavy atom. The summed E-state index contributed by atoms with van der Waals surface area (Å²) in [6, 6.07) is 1.65. The van der Waals surface area contributed by atoms with E-state index in [1.165, 1.54) is 0 Å². The molecular formula is C5H6BClN3. The lowest BCUT2D eigenvalue weighted by atomic mass is 10.5. The average Bonchev–Trinajstić information content (AvgIpc) is 1.59. The molecule has 0 bridgehead atoms. The van der Waals surface area contributed by atoms with E-state index in [0.717, 1.165) is 5.69 Å². The highest BCUT2D eigenvalue weighted by Crippen LogP contribution is 2.06. The van der Waals surface area contributed by atoms with Gasteiger partial charge in [0, 0.05) is 14.1 Å². The number of hydrogen-bond donors (Lipinski definition) is 1. The summed E-state index contributed by atoms with van der Waals surface area (Å²) in [5, 5.41) is 0.389. The van der Waals surface area contributed by atoms with Crippen LogP contribution in [0.25, 0.3) is 0 Å². The predicted octanol–water partition coefficient (Wildman–Crippen LogP) is 0.640. The van der Waals surface area contributed by atoms with Crippen molar-refractivity contribution in [2.75, 3.05) is 5.73 Å². The standard InChI is InChI=1S/C5H6ClN3.B/c1-3-2-4(6)9-5(7)8-3;/h2H,1H3,(H2,7,8,9);. The lowest BCUT2D eigenvalue weighted by Crippen LogP contribution is -1.95. The summed E-state index contributed by atoms with van der Waals surface area (Å²) in [4.78, 5) is 7.48. The van der Waals surface area contributed by atoms with E-state index < -0.39 is 0 Å². The van der Waals surface area contributed by atoms with Gasteiger partial charge in [0.25, 0.3) is 0 Å².